The molecule has 21 heavy (non-hydrogen) atoms. The van der Waals surface area contributed by atoms with Crippen molar-refractivity contribution in [2.75, 3.05) is 5.73 Å². The molecule has 3 N–H and O–H groups in total. The fraction of sp³-hybridized carbons (Fsp3) is 0.250. The SMILES string of the molecule is CCC(C)c1ccccc1Oc1cc(C(=O)O)c(N)cn1. The molecule has 1 atom stereocenters. The van der Waals surface area contributed by atoms with Gasteiger partial charge in [0.05, 0.1) is 17.4 Å². The van der Waals surface area contributed by atoms with Crippen molar-refractivity contribution in [3.05, 3.63) is 47.7 Å². The first kappa shape index (κ1) is 14.8. The van der Waals surface area contributed by atoms with Crippen LogP contribution in [0.3, 0.4) is 0 Å². The van der Waals surface area contributed by atoms with Gasteiger partial charge in [0.2, 0.25) is 5.88 Å². The van der Waals surface area contributed by atoms with Gasteiger partial charge in [-0.1, -0.05) is 32.0 Å². The highest BCUT2D eigenvalue weighted by molar-refractivity contribution is 5.93. The molecule has 2 rings (SSSR count). The summed E-state index contributed by atoms with van der Waals surface area (Å²) in [4.78, 5) is 15.1. The summed E-state index contributed by atoms with van der Waals surface area (Å²) in [7, 11) is 0. The first-order chi connectivity index (χ1) is 10.0. The van der Waals surface area contributed by atoms with Gasteiger partial charge in [-0.2, -0.15) is 0 Å². The molecule has 0 aliphatic carbocycles. The Morgan fingerprint density at radius 3 is 2.81 bits per heavy atom. The Balaban J connectivity index is 2.35. The number of nitrogen functional groups attached to an aromatic ring is 1. The maximum Gasteiger partial charge on any atom is 0.338 e. The molecule has 0 fully saturated rings. The number of anilines is 1. The Labute approximate surface area is 123 Å². The van der Waals surface area contributed by atoms with E-state index in [0.717, 1.165) is 12.0 Å². The lowest BCUT2D eigenvalue weighted by molar-refractivity contribution is 0.0697. The number of ether oxygens (including phenoxy) is 1. The fourth-order valence-electron chi connectivity index (χ4n) is 2.00. The molecule has 5 nitrogen and oxygen atoms in total. The van der Waals surface area contributed by atoms with E-state index in [1.807, 2.05) is 24.3 Å². The first-order valence-electron chi connectivity index (χ1n) is 6.78. The topological polar surface area (TPSA) is 85.4 Å². The monoisotopic (exact) mass is 286 g/mol. The Morgan fingerprint density at radius 2 is 2.14 bits per heavy atom. The standard InChI is InChI=1S/C16H18N2O3/c1-3-10(2)11-6-4-5-7-14(11)21-15-8-12(16(19)20)13(17)9-18-15/h4-10H,3,17H2,1-2H3,(H,19,20). The number of pyridine rings is 1. The summed E-state index contributed by atoms with van der Waals surface area (Å²) >= 11 is 0. The van der Waals surface area contributed by atoms with Crippen LogP contribution in [0.5, 0.6) is 11.6 Å². The minimum atomic E-state index is -1.10. The van der Waals surface area contributed by atoms with E-state index in [9.17, 15) is 4.79 Å². The van der Waals surface area contributed by atoms with Crippen molar-refractivity contribution in [2.45, 2.75) is 26.2 Å². The number of nitrogens with two attached hydrogens (primary N) is 1. The molecule has 0 radical (unpaired) electrons. The van der Waals surface area contributed by atoms with Crippen LogP contribution in [0, 0.1) is 0 Å². The number of carboxylic acids is 1. The quantitative estimate of drug-likeness (QED) is 0.876. The van der Waals surface area contributed by atoms with Crippen LogP contribution in [-0.4, -0.2) is 16.1 Å². The fourth-order valence-corrected chi connectivity index (χ4v) is 2.00. The van der Waals surface area contributed by atoms with E-state index in [4.69, 9.17) is 15.6 Å². The van der Waals surface area contributed by atoms with Gasteiger partial charge in [0, 0.05) is 6.07 Å². The Morgan fingerprint density at radius 1 is 1.43 bits per heavy atom. The van der Waals surface area contributed by atoms with Gasteiger partial charge in [0.25, 0.3) is 0 Å². The number of para-hydroxylation sites is 1. The summed E-state index contributed by atoms with van der Waals surface area (Å²) in [5, 5.41) is 9.07. The van der Waals surface area contributed by atoms with E-state index in [-0.39, 0.29) is 17.1 Å². The number of aromatic carboxylic acids is 1. The number of carbonyl (C=O) groups is 1. The third kappa shape index (κ3) is 3.31. The van der Waals surface area contributed by atoms with E-state index in [1.54, 1.807) is 0 Å². The van der Waals surface area contributed by atoms with Crippen molar-refractivity contribution in [1.29, 1.82) is 0 Å². The molecular weight excluding hydrogens is 268 g/mol. The summed E-state index contributed by atoms with van der Waals surface area (Å²) in [6.45, 7) is 4.22. The molecule has 0 aliphatic rings. The van der Waals surface area contributed by atoms with Gasteiger partial charge in [0.15, 0.2) is 0 Å². The number of hydrogen-bond donors (Lipinski definition) is 2. The van der Waals surface area contributed by atoms with E-state index in [0.29, 0.717) is 11.7 Å². The number of hydrogen-bond acceptors (Lipinski definition) is 4. The molecule has 1 heterocycles. The van der Waals surface area contributed by atoms with Crippen LogP contribution < -0.4 is 10.5 Å². The molecule has 110 valence electrons. The number of carboxylic acid groups (broad SMARTS) is 1. The summed E-state index contributed by atoms with van der Waals surface area (Å²) in [5.74, 6) is 0.140. The predicted octanol–water partition coefficient (Wildman–Crippen LogP) is 3.67. The average molecular weight is 286 g/mol. The van der Waals surface area contributed by atoms with Gasteiger partial charge in [-0.25, -0.2) is 9.78 Å². The van der Waals surface area contributed by atoms with Crippen molar-refractivity contribution in [3.8, 4) is 11.6 Å². The third-order valence-electron chi connectivity index (χ3n) is 3.42. The average Bonchev–Trinajstić information content (AvgIpc) is 2.48. The molecule has 0 saturated carbocycles. The molecule has 0 spiro atoms. The Bertz CT molecular complexity index is 656. The summed E-state index contributed by atoms with van der Waals surface area (Å²) in [5.41, 5.74) is 6.75. The molecule has 0 bridgehead atoms. The van der Waals surface area contributed by atoms with Crippen molar-refractivity contribution in [1.82, 2.24) is 4.98 Å². The first-order valence-corrected chi connectivity index (χ1v) is 6.78. The van der Waals surface area contributed by atoms with Crippen LogP contribution in [0.15, 0.2) is 36.5 Å². The molecule has 0 aliphatic heterocycles. The lowest BCUT2D eigenvalue weighted by Gasteiger charge is -2.15. The van der Waals surface area contributed by atoms with Crippen LogP contribution in [-0.2, 0) is 0 Å². The lowest BCUT2D eigenvalue weighted by atomic mass is 9.98. The highest BCUT2D eigenvalue weighted by Gasteiger charge is 2.14. The number of benzene rings is 1. The van der Waals surface area contributed by atoms with Gasteiger partial charge in [-0.05, 0) is 24.0 Å². The third-order valence-corrected chi connectivity index (χ3v) is 3.42. The number of aromatic nitrogens is 1. The Hall–Kier alpha value is -2.56. The lowest BCUT2D eigenvalue weighted by Crippen LogP contribution is -2.04. The highest BCUT2D eigenvalue weighted by atomic mass is 16.5. The molecule has 0 saturated heterocycles. The van der Waals surface area contributed by atoms with Gasteiger partial charge in [0.1, 0.15) is 5.75 Å². The minimum Gasteiger partial charge on any atom is -0.478 e. The van der Waals surface area contributed by atoms with Crippen LogP contribution in [0.25, 0.3) is 0 Å². The molecular formula is C16H18N2O3. The zero-order valence-electron chi connectivity index (χ0n) is 12.0. The van der Waals surface area contributed by atoms with Crippen molar-refractivity contribution in [3.63, 3.8) is 0 Å². The highest BCUT2D eigenvalue weighted by Crippen LogP contribution is 2.31. The Kier molecular flexibility index (Phi) is 4.42. The predicted molar refractivity (Wildman–Crippen MR) is 80.8 cm³/mol. The number of nitrogens with zero attached hydrogens (tertiary/aromatic N) is 1. The zero-order valence-corrected chi connectivity index (χ0v) is 12.0. The molecule has 5 heteroatoms. The molecule has 1 aromatic carbocycles. The molecule has 2 aromatic rings. The maximum atomic E-state index is 11.1. The minimum absolute atomic E-state index is 0.0129. The largest absolute Gasteiger partial charge is 0.478 e. The number of rotatable bonds is 5. The van der Waals surface area contributed by atoms with Gasteiger partial charge in [-0.3, -0.25) is 0 Å². The van der Waals surface area contributed by atoms with E-state index < -0.39 is 5.97 Å². The van der Waals surface area contributed by atoms with Crippen LogP contribution in [0.4, 0.5) is 5.69 Å². The molecule has 0 amide bonds. The normalized spacial score (nSPS) is 11.9. The second-order valence-corrected chi connectivity index (χ2v) is 4.86. The van der Waals surface area contributed by atoms with Crippen LogP contribution in [0.2, 0.25) is 0 Å². The second kappa shape index (κ2) is 6.26. The second-order valence-electron chi connectivity index (χ2n) is 4.86. The van der Waals surface area contributed by atoms with Crippen LogP contribution in [0.1, 0.15) is 42.1 Å². The maximum absolute atomic E-state index is 11.1. The van der Waals surface area contributed by atoms with Crippen molar-refractivity contribution in [2.24, 2.45) is 0 Å². The van der Waals surface area contributed by atoms with Gasteiger partial charge >= 0.3 is 5.97 Å². The smallest absolute Gasteiger partial charge is 0.338 e. The van der Waals surface area contributed by atoms with Crippen molar-refractivity contribution >= 4 is 11.7 Å². The summed E-state index contributed by atoms with van der Waals surface area (Å²) < 4.78 is 5.75. The molecule has 1 aromatic heterocycles. The van der Waals surface area contributed by atoms with E-state index in [2.05, 4.69) is 18.8 Å². The summed E-state index contributed by atoms with van der Waals surface area (Å²) in [6, 6.07) is 9.01. The van der Waals surface area contributed by atoms with E-state index in [1.165, 1.54) is 12.3 Å². The van der Waals surface area contributed by atoms with E-state index >= 15 is 0 Å². The zero-order chi connectivity index (χ0) is 15.4. The summed E-state index contributed by atoms with van der Waals surface area (Å²) in [6.07, 6.45) is 2.28. The molecule has 1 unspecified atom stereocenters. The van der Waals surface area contributed by atoms with Gasteiger partial charge < -0.3 is 15.6 Å². The van der Waals surface area contributed by atoms with Gasteiger partial charge in [-0.15, -0.1) is 0 Å². The van der Waals surface area contributed by atoms with Crippen LogP contribution >= 0.6 is 0 Å². The van der Waals surface area contributed by atoms with Crippen molar-refractivity contribution < 1.29 is 14.6 Å².